The lowest BCUT2D eigenvalue weighted by atomic mass is 10.2. The monoisotopic (exact) mass is 480 g/mol. The SMILES string of the molecule is O=C1OC(c2cc(I)ccc2Cl)=N/C1=C\C=C\c1ccc([N+](=O)[O-])cc1. The van der Waals surface area contributed by atoms with Crippen LogP contribution >= 0.6 is 34.2 Å². The molecule has 2 aromatic rings. The number of esters is 1. The average molecular weight is 481 g/mol. The first-order chi connectivity index (χ1) is 12.4. The van der Waals surface area contributed by atoms with Crippen molar-refractivity contribution < 1.29 is 14.5 Å². The van der Waals surface area contributed by atoms with Crippen molar-refractivity contribution in [3.63, 3.8) is 0 Å². The second-order valence-corrected chi connectivity index (χ2v) is 6.84. The van der Waals surface area contributed by atoms with Gasteiger partial charge in [0.15, 0.2) is 5.70 Å². The van der Waals surface area contributed by atoms with Gasteiger partial charge in [-0.2, -0.15) is 0 Å². The van der Waals surface area contributed by atoms with Gasteiger partial charge >= 0.3 is 5.97 Å². The zero-order chi connectivity index (χ0) is 18.7. The van der Waals surface area contributed by atoms with Crippen LogP contribution in [0, 0.1) is 13.7 Å². The number of nitro benzene ring substituents is 1. The van der Waals surface area contributed by atoms with E-state index in [1.807, 2.05) is 6.07 Å². The zero-order valence-electron chi connectivity index (χ0n) is 13.1. The van der Waals surface area contributed by atoms with Crippen LogP contribution in [0.25, 0.3) is 6.08 Å². The number of allylic oxidation sites excluding steroid dienone is 2. The van der Waals surface area contributed by atoms with Crippen LogP contribution in [-0.2, 0) is 9.53 Å². The Morgan fingerprint density at radius 1 is 1.19 bits per heavy atom. The normalized spacial score (nSPS) is 15.4. The second-order valence-electron chi connectivity index (χ2n) is 5.19. The summed E-state index contributed by atoms with van der Waals surface area (Å²) in [7, 11) is 0. The molecule has 26 heavy (non-hydrogen) atoms. The van der Waals surface area contributed by atoms with Crippen molar-refractivity contribution in [1.29, 1.82) is 0 Å². The number of hydrogen-bond donors (Lipinski definition) is 0. The van der Waals surface area contributed by atoms with E-state index < -0.39 is 10.9 Å². The molecular formula is C18H10ClIN2O4. The van der Waals surface area contributed by atoms with Crippen LogP contribution in [0.15, 0.2) is 65.3 Å². The van der Waals surface area contributed by atoms with Gasteiger partial charge in [0, 0.05) is 15.7 Å². The summed E-state index contributed by atoms with van der Waals surface area (Å²) in [5, 5.41) is 11.1. The minimum atomic E-state index is -0.566. The van der Waals surface area contributed by atoms with E-state index in [1.165, 1.54) is 18.2 Å². The van der Waals surface area contributed by atoms with Gasteiger partial charge in [0.2, 0.25) is 5.90 Å². The van der Waals surface area contributed by atoms with Crippen molar-refractivity contribution in [2.24, 2.45) is 4.99 Å². The highest BCUT2D eigenvalue weighted by Crippen LogP contribution is 2.24. The first kappa shape index (κ1) is 18.3. The topological polar surface area (TPSA) is 81.8 Å². The van der Waals surface area contributed by atoms with Gasteiger partial charge in [-0.15, -0.1) is 0 Å². The third-order valence-corrected chi connectivity index (χ3v) is 4.43. The number of rotatable bonds is 4. The molecule has 6 nitrogen and oxygen atoms in total. The molecule has 0 atom stereocenters. The van der Waals surface area contributed by atoms with E-state index in [0.29, 0.717) is 10.6 Å². The summed E-state index contributed by atoms with van der Waals surface area (Å²) in [5.41, 5.74) is 1.47. The van der Waals surface area contributed by atoms with E-state index in [-0.39, 0.29) is 17.3 Å². The number of ether oxygens (including phenoxy) is 1. The van der Waals surface area contributed by atoms with E-state index >= 15 is 0 Å². The molecule has 0 fully saturated rings. The minimum Gasteiger partial charge on any atom is -0.402 e. The Kier molecular flexibility index (Phi) is 5.48. The number of hydrogen-bond acceptors (Lipinski definition) is 5. The molecule has 0 saturated carbocycles. The molecule has 0 amide bonds. The Morgan fingerprint density at radius 2 is 1.92 bits per heavy atom. The molecule has 0 aromatic heterocycles. The number of nitro groups is 1. The van der Waals surface area contributed by atoms with Gasteiger partial charge in [-0.05, 0) is 64.6 Å². The number of benzene rings is 2. The van der Waals surface area contributed by atoms with E-state index in [4.69, 9.17) is 16.3 Å². The molecule has 1 heterocycles. The molecular weight excluding hydrogens is 471 g/mol. The van der Waals surface area contributed by atoms with Crippen LogP contribution in [-0.4, -0.2) is 16.8 Å². The number of non-ortho nitro benzene ring substituents is 1. The van der Waals surface area contributed by atoms with E-state index in [0.717, 1.165) is 9.13 Å². The minimum absolute atomic E-state index is 0.0171. The van der Waals surface area contributed by atoms with E-state index in [2.05, 4.69) is 27.6 Å². The molecule has 0 spiro atoms. The van der Waals surface area contributed by atoms with Crippen molar-refractivity contribution in [1.82, 2.24) is 0 Å². The summed E-state index contributed by atoms with van der Waals surface area (Å²) in [6, 6.07) is 11.4. The zero-order valence-corrected chi connectivity index (χ0v) is 16.0. The number of nitrogens with zero attached hydrogens (tertiary/aromatic N) is 2. The summed E-state index contributed by atoms with van der Waals surface area (Å²) in [4.78, 5) is 26.3. The maximum Gasteiger partial charge on any atom is 0.363 e. The molecule has 1 aliphatic rings. The van der Waals surface area contributed by atoms with Gasteiger partial charge in [0.1, 0.15) is 0 Å². The fourth-order valence-electron chi connectivity index (χ4n) is 2.16. The molecule has 1 aliphatic heterocycles. The summed E-state index contributed by atoms with van der Waals surface area (Å²) in [5.74, 6) is -0.406. The van der Waals surface area contributed by atoms with Crippen molar-refractivity contribution in [2.45, 2.75) is 0 Å². The molecule has 0 aliphatic carbocycles. The lowest BCUT2D eigenvalue weighted by Crippen LogP contribution is -2.06. The number of halogens is 2. The number of cyclic esters (lactones) is 1. The van der Waals surface area contributed by atoms with Crippen molar-refractivity contribution in [3.05, 3.63) is 90.1 Å². The highest BCUT2D eigenvalue weighted by molar-refractivity contribution is 14.1. The molecule has 0 saturated heterocycles. The maximum absolute atomic E-state index is 12.0. The first-order valence-corrected chi connectivity index (χ1v) is 8.79. The van der Waals surface area contributed by atoms with E-state index in [1.54, 1.807) is 36.4 Å². The van der Waals surface area contributed by atoms with Crippen LogP contribution in [0.5, 0.6) is 0 Å². The van der Waals surface area contributed by atoms with Gasteiger partial charge < -0.3 is 4.74 Å². The largest absolute Gasteiger partial charge is 0.402 e. The number of aliphatic imine (C=N–C) groups is 1. The lowest BCUT2D eigenvalue weighted by Gasteiger charge is -2.02. The summed E-state index contributed by atoms with van der Waals surface area (Å²) in [6.45, 7) is 0. The Hall–Kier alpha value is -2.52. The molecule has 0 unspecified atom stereocenters. The fraction of sp³-hybridized carbons (Fsp3) is 0. The van der Waals surface area contributed by atoms with Crippen LogP contribution in [0.2, 0.25) is 5.02 Å². The second kappa shape index (κ2) is 7.79. The summed E-state index contributed by atoms with van der Waals surface area (Å²) in [6.07, 6.45) is 4.84. The predicted octanol–water partition coefficient (Wildman–Crippen LogP) is 4.75. The Balaban J connectivity index is 1.80. The van der Waals surface area contributed by atoms with Gasteiger partial charge in [-0.3, -0.25) is 10.1 Å². The van der Waals surface area contributed by atoms with Gasteiger partial charge in [-0.1, -0.05) is 23.8 Å². The number of carbonyl (C=O) groups excluding carboxylic acids is 1. The van der Waals surface area contributed by atoms with E-state index in [9.17, 15) is 14.9 Å². The third kappa shape index (κ3) is 4.17. The quantitative estimate of drug-likeness (QED) is 0.208. The standard InChI is InChI=1S/C18H10ClIN2O4/c19-15-9-6-12(20)10-14(15)17-21-16(18(23)26-17)3-1-2-11-4-7-13(8-5-11)22(24)25/h1-10H/b2-1+,16-3-. The van der Waals surface area contributed by atoms with Crippen molar-refractivity contribution in [2.75, 3.05) is 0 Å². The van der Waals surface area contributed by atoms with Gasteiger partial charge in [0.25, 0.3) is 5.69 Å². The van der Waals surface area contributed by atoms with Crippen LogP contribution in [0.1, 0.15) is 11.1 Å². The predicted molar refractivity (Wildman–Crippen MR) is 107 cm³/mol. The highest BCUT2D eigenvalue weighted by Gasteiger charge is 2.25. The van der Waals surface area contributed by atoms with Gasteiger partial charge in [0.05, 0.1) is 15.5 Å². The summed E-state index contributed by atoms with van der Waals surface area (Å²) >= 11 is 8.27. The number of carbonyl (C=O) groups is 1. The van der Waals surface area contributed by atoms with Crippen LogP contribution in [0.4, 0.5) is 5.69 Å². The third-order valence-electron chi connectivity index (χ3n) is 3.43. The smallest absolute Gasteiger partial charge is 0.363 e. The molecule has 3 rings (SSSR count). The molecule has 0 bridgehead atoms. The lowest BCUT2D eigenvalue weighted by molar-refractivity contribution is -0.384. The molecule has 8 heteroatoms. The molecule has 0 N–H and O–H groups in total. The van der Waals surface area contributed by atoms with Crippen molar-refractivity contribution >= 4 is 57.8 Å². The van der Waals surface area contributed by atoms with Gasteiger partial charge in [-0.25, -0.2) is 9.79 Å². The average Bonchev–Trinajstić information content (AvgIpc) is 2.98. The molecule has 2 aromatic carbocycles. The maximum atomic E-state index is 12.0. The molecule has 0 radical (unpaired) electrons. The van der Waals surface area contributed by atoms with Crippen LogP contribution in [0.3, 0.4) is 0 Å². The first-order valence-electron chi connectivity index (χ1n) is 7.33. The summed E-state index contributed by atoms with van der Waals surface area (Å²) < 4.78 is 6.13. The van der Waals surface area contributed by atoms with Crippen LogP contribution < -0.4 is 0 Å². The Morgan fingerprint density at radius 3 is 2.62 bits per heavy atom. The Bertz CT molecular complexity index is 981. The highest BCUT2D eigenvalue weighted by atomic mass is 127. The Labute approximate surface area is 167 Å². The van der Waals surface area contributed by atoms with Crippen molar-refractivity contribution in [3.8, 4) is 0 Å². The fourth-order valence-corrected chi connectivity index (χ4v) is 2.85. The molecule has 130 valence electrons.